The van der Waals surface area contributed by atoms with E-state index in [0.717, 1.165) is 24.3 Å². The minimum absolute atomic E-state index is 0.249. The summed E-state index contributed by atoms with van der Waals surface area (Å²) in [6.07, 6.45) is 0.837. The van der Waals surface area contributed by atoms with Gasteiger partial charge in [-0.25, -0.2) is 4.39 Å². The van der Waals surface area contributed by atoms with E-state index in [1.165, 1.54) is 12.1 Å². The molecular formula is C11H12FNO2. The Morgan fingerprint density at radius 1 is 1.40 bits per heavy atom. The molecule has 3 rings (SSSR count). The Balaban J connectivity index is 1.93. The maximum absolute atomic E-state index is 12.9. The molecule has 2 heterocycles. The zero-order valence-corrected chi connectivity index (χ0v) is 8.25. The summed E-state index contributed by atoms with van der Waals surface area (Å²) in [5, 5.41) is 3.20. The summed E-state index contributed by atoms with van der Waals surface area (Å²) in [5.41, 5.74) is 0.785. The summed E-state index contributed by atoms with van der Waals surface area (Å²) >= 11 is 0. The molecule has 1 spiro atoms. The monoisotopic (exact) mass is 209 g/mol. The normalized spacial score (nSPS) is 28.9. The molecule has 0 radical (unpaired) electrons. The van der Waals surface area contributed by atoms with E-state index < -0.39 is 5.79 Å². The van der Waals surface area contributed by atoms with Crippen molar-refractivity contribution in [2.24, 2.45) is 0 Å². The van der Waals surface area contributed by atoms with Gasteiger partial charge in [0.2, 0.25) is 5.79 Å². The van der Waals surface area contributed by atoms with Gasteiger partial charge in [-0.05, 0) is 18.2 Å². The van der Waals surface area contributed by atoms with Crippen LogP contribution in [0.15, 0.2) is 18.2 Å². The fraction of sp³-hybridized carbons (Fsp3) is 0.455. The maximum Gasteiger partial charge on any atom is 0.224 e. The van der Waals surface area contributed by atoms with Crippen molar-refractivity contribution >= 4 is 0 Å². The van der Waals surface area contributed by atoms with Crippen LogP contribution in [0.4, 0.5) is 4.39 Å². The fourth-order valence-electron chi connectivity index (χ4n) is 2.06. The van der Waals surface area contributed by atoms with Gasteiger partial charge in [-0.15, -0.1) is 0 Å². The molecule has 0 bridgehead atoms. The summed E-state index contributed by atoms with van der Waals surface area (Å²) < 4.78 is 24.4. The van der Waals surface area contributed by atoms with Gasteiger partial charge in [0.05, 0.1) is 13.2 Å². The van der Waals surface area contributed by atoms with Gasteiger partial charge in [-0.2, -0.15) is 0 Å². The van der Waals surface area contributed by atoms with Crippen LogP contribution in [-0.2, 0) is 11.3 Å². The van der Waals surface area contributed by atoms with E-state index in [-0.39, 0.29) is 5.82 Å². The number of halogens is 1. The first-order valence-corrected chi connectivity index (χ1v) is 5.10. The molecule has 0 saturated carbocycles. The van der Waals surface area contributed by atoms with Crippen LogP contribution >= 0.6 is 0 Å². The molecule has 2 aliphatic rings. The molecule has 3 nitrogen and oxygen atoms in total. The quantitative estimate of drug-likeness (QED) is 0.701. The fourth-order valence-corrected chi connectivity index (χ4v) is 2.06. The predicted molar refractivity (Wildman–Crippen MR) is 52.0 cm³/mol. The molecule has 1 aromatic rings. The van der Waals surface area contributed by atoms with Crippen LogP contribution in [0.1, 0.15) is 12.0 Å². The van der Waals surface area contributed by atoms with Crippen LogP contribution in [0.2, 0.25) is 0 Å². The van der Waals surface area contributed by atoms with Gasteiger partial charge in [-0.3, -0.25) is 0 Å². The molecule has 1 unspecified atom stereocenters. The standard InChI is InChI=1S/C11H12FNO2/c12-9-1-2-10-8(5-9)6-14-11(15-10)3-4-13-7-11/h1-2,5,13H,3-4,6-7H2. The van der Waals surface area contributed by atoms with Crippen LogP contribution in [0.25, 0.3) is 0 Å². The molecule has 0 aliphatic carbocycles. The van der Waals surface area contributed by atoms with E-state index in [1.54, 1.807) is 6.07 Å². The lowest BCUT2D eigenvalue weighted by Gasteiger charge is -2.34. The molecule has 4 heteroatoms. The van der Waals surface area contributed by atoms with Crippen molar-refractivity contribution in [3.63, 3.8) is 0 Å². The Hall–Kier alpha value is -1.13. The zero-order valence-electron chi connectivity index (χ0n) is 8.25. The van der Waals surface area contributed by atoms with Crippen LogP contribution < -0.4 is 10.1 Å². The van der Waals surface area contributed by atoms with E-state index in [1.807, 2.05) is 0 Å². The Morgan fingerprint density at radius 2 is 2.33 bits per heavy atom. The molecule has 1 saturated heterocycles. The van der Waals surface area contributed by atoms with Gasteiger partial charge in [-0.1, -0.05) is 0 Å². The SMILES string of the molecule is Fc1ccc2c(c1)COC1(CCNC1)O2. The van der Waals surface area contributed by atoms with E-state index in [4.69, 9.17) is 9.47 Å². The summed E-state index contributed by atoms with van der Waals surface area (Å²) in [4.78, 5) is 0. The molecule has 1 fully saturated rings. The van der Waals surface area contributed by atoms with Crippen molar-refractivity contribution in [2.75, 3.05) is 13.1 Å². The van der Waals surface area contributed by atoms with Crippen molar-refractivity contribution in [3.8, 4) is 5.75 Å². The van der Waals surface area contributed by atoms with Crippen molar-refractivity contribution in [3.05, 3.63) is 29.6 Å². The average Bonchev–Trinajstić information content (AvgIpc) is 2.67. The molecule has 1 N–H and O–H groups in total. The molecular weight excluding hydrogens is 197 g/mol. The number of hydrogen-bond acceptors (Lipinski definition) is 3. The third-order valence-corrected chi connectivity index (χ3v) is 2.89. The second-order valence-electron chi connectivity index (χ2n) is 3.98. The summed E-state index contributed by atoms with van der Waals surface area (Å²) in [7, 11) is 0. The summed E-state index contributed by atoms with van der Waals surface area (Å²) in [6, 6.07) is 4.55. The van der Waals surface area contributed by atoms with Gasteiger partial charge < -0.3 is 14.8 Å². The first-order valence-electron chi connectivity index (χ1n) is 5.10. The molecule has 0 amide bonds. The molecule has 1 aromatic carbocycles. The second kappa shape index (κ2) is 3.18. The highest BCUT2D eigenvalue weighted by Crippen LogP contribution is 2.34. The van der Waals surface area contributed by atoms with E-state index >= 15 is 0 Å². The maximum atomic E-state index is 12.9. The summed E-state index contributed by atoms with van der Waals surface area (Å²) in [5.74, 6) is -0.0297. The van der Waals surface area contributed by atoms with Gasteiger partial charge in [0.1, 0.15) is 11.6 Å². The lowest BCUT2D eigenvalue weighted by molar-refractivity contribution is -0.191. The van der Waals surface area contributed by atoms with E-state index in [0.29, 0.717) is 13.2 Å². The lowest BCUT2D eigenvalue weighted by atomic mass is 10.1. The van der Waals surface area contributed by atoms with Gasteiger partial charge in [0.25, 0.3) is 0 Å². The highest BCUT2D eigenvalue weighted by Gasteiger charge is 2.40. The van der Waals surface area contributed by atoms with Gasteiger partial charge >= 0.3 is 0 Å². The topological polar surface area (TPSA) is 30.5 Å². The molecule has 2 aliphatic heterocycles. The molecule has 1 atom stereocenters. The highest BCUT2D eigenvalue weighted by molar-refractivity contribution is 5.35. The van der Waals surface area contributed by atoms with Crippen molar-refractivity contribution in [1.82, 2.24) is 5.32 Å². The number of hydrogen-bond donors (Lipinski definition) is 1. The van der Waals surface area contributed by atoms with E-state index in [2.05, 4.69) is 5.32 Å². The predicted octanol–water partition coefficient (Wildman–Crippen LogP) is 1.42. The third kappa shape index (κ3) is 1.50. The van der Waals surface area contributed by atoms with Gasteiger partial charge in [0.15, 0.2) is 0 Å². The van der Waals surface area contributed by atoms with Crippen LogP contribution in [-0.4, -0.2) is 18.9 Å². The average molecular weight is 209 g/mol. The number of ether oxygens (including phenoxy) is 2. The van der Waals surface area contributed by atoms with Crippen LogP contribution in [0.3, 0.4) is 0 Å². The van der Waals surface area contributed by atoms with Gasteiger partial charge in [0, 0.05) is 18.5 Å². The first-order chi connectivity index (χ1) is 7.27. The van der Waals surface area contributed by atoms with Crippen molar-refractivity contribution in [2.45, 2.75) is 18.8 Å². The molecule has 0 aromatic heterocycles. The molecule has 15 heavy (non-hydrogen) atoms. The highest BCUT2D eigenvalue weighted by atomic mass is 19.1. The van der Waals surface area contributed by atoms with Crippen molar-refractivity contribution < 1.29 is 13.9 Å². The van der Waals surface area contributed by atoms with Crippen LogP contribution in [0, 0.1) is 5.82 Å². The Morgan fingerprint density at radius 3 is 3.13 bits per heavy atom. The Labute approximate surface area is 87.2 Å². The summed E-state index contributed by atoms with van der Waals surface area (Å²) in [6.45, 7) is 2.02. The Bertz CT molecular complexity index is 388. The largest absolute Gasteiger partial charge is 0.461 e. The smallest absolute Gasteiger partial charge is 0.224 e. The molecule has 80 valence electrons. The minimum Gasteiger partial charge on any atom is -0.461 e. The van der Waals surface area contributed by atoms with E-state index in [9.17, 15) is 4.39 Å². The lowest BCUT2D eigenvalue weighted by Crippen LogP contribution is -2.43. The number of nitrogens with one attached hydrogen (secondary N) is 1. The van der Waals surface area contributed by atoms with Crippen LogP contribution in [0.5, 0.6) is 5.75 Å². The van der Waals surface area contributed by atoms with Crippen molar-refractivity contribution in [1.29, 1.82) is 0 Å². The Kier molecular flexibility index (Phi) is 1.94. The number of rotatable bonds is 0. The first kappa shape index (κ1) is 9.12. The third-order valence-electron chi connectivity index (χ3n) is 2.89. The second-order valence-corrected chi connectivity index (χ2v) is 3.98. The number of fused-ring (bicyclic) bond motifs is 1. The minimum atomic E-state index is -0.523. The number of benzene rings is 1. The zero-order chi connectivity index (χ0) is 10.3.